The van der Waals surface area contributed by atoms with E-state index >= 15 is 0 Å². The summed E-state index contributed by atoms with van der Waals surface area (Å²) in [6, 6.07) is 0. The molecule has 0 N–H and O–H groups in total. The minimum absolute atomic E-state index is 0.369. The Morgan fingerprint density at radius 2 is 1.76 bits per heavy atom. The third-order valence-electron chi connectivity index (χ3n) is 4.22. The van der Waals surface area contributed by atoms with E-state index in [1.165, 1.54) is 6.08 Å². The highest BCUT2D eigenvalue weighted by molar-refractivity contribution is 5.25. The molecule has 0 aromatic heterocycles. The van der Waals surface area contributed by atoms with Crippen molar-refractivity contribution < 1.29 is 17.6 Å². The lowest BCUT2D eigenvalue weighted by atomic mass is 9.85. The number of hydrogen-bond donors (Lipinski definition) is 0. The summed E-state index contributed by atoms with van der Waals surface area (Å²) in [5, 5.41) is 0. The summed E-state index contributed by atoms with van der Waals surface area (Å²) in [6.07, 6.45) is 0.574. The average Bonchev–Trinajstić information content (AvgIpc) is 2.42. The van der Waals surface area contributed by atoms with Crippen molar-refractivity contribution in [2.24, 2.45) is 11.8 Å². The Labute approximate surface area is 123 Å². The molecule has 1 fully saturated rings. The van der Waals surface area contributed by atoms with Crippen LogP contribution in [-0.4, -0.2) is 61.9 Å². The van der Waals surface area contributed by atoms with Crippen molar-refractivity contribution in [3.63, 3.8) is 0 Å². The van der Waals surface area contributed by atoms with Gasteiger partial charge in [0.2, 0.25) is 0 Å². The zero-order valence-corrected chi connectivity index (χ0v) is 12.2. The smallest absolute Gasteiger partial charge is 0.300 e. The highest BCUT2D eigenvalue weighted by Crippen LogP contribution is 2.37. The van der Waals surface area contributed by atoms with E-state index < -0.39 is 18.0 Å². The summed E-state index contributed by atoms with van der Waals surface area (Å²) >= 11 is 0. The van der Waals surface area contributed by atoms with Crippen LogP contribution in [0.25, 0.3) is 0 Å². The molecule has 2 aliphatic rings. The van der Waals surface area contributed by atoms with E-state index in [4.69, 9.17) is 0 Å². The number of rotatable bonds is 4. The standard InChI is InChI=1S/C15H22F4N2/c1-12-2-3-13(14(10-12)15(17,18)19)11-21-8-6-20(5-4-16)7-9-21/h2-3,10,13-14H,4-9,11H2,1H3. The van der Waals surface area contributed by atoms with Crippen LogP contribution in [0, 0.1) is 11.8 Å². The van der Waals surface area contributed by atoms with E-state index in [1.807, 2.05) is 4.90 Å². The number of alkyl halides is 4. The highest BCUT2D eigenvalue weighted by Gasteiger charge is 2.43. The summed E-state index contributed by atoms with van der Waals surface area (Å²) in [5.74, 6) is -1.92. The van der Waals surface area contributed by atoms with Gasteiger partial charge in [-0.15, -0.1) is 0 Å². The van der Waals surface area contributed by atoms with Crippen molar-refractivity contribution in [2.45, 2.75) is 13.1 Å². The lowest BCUT2D eigenvalue weighted by molar-refractivity contribution is -0.172. The highest BCUT2D eigenvalue weighted by atomic mass is 19.4. The molecule has 1 saturated heterocycles. The molecule has 0 amide bonds. The van der Waals surface area contributed by atoms with Gasteiger partial charge in [-0.1, -0.05) is 23.8 Å². The van der Waals surface area contributed by atoms with Crippen molar-refractivity contribution >= 4 is 0 Å². The van der Waals surface area contributed by atoms with Gasteiger partial charge < -0.3 is 4.90 Å². The number of halogens is 4. The average molecular weight is 306 g/mol. The Balaban J connectivity index is 1.92. The van der Waals surface area contributed by atoms with Gasteiger partial charge in [0.25, 0.3) is 0 Å². The second-order valence-electron chi connectivity index (χ2n) is 5.83. The first kappa shape index (κ1) is 16.5. The van der Waals surface area contributed by atoms with Crippen molar-refractivity contribution in [1.82, 2.24) is 9.80 Å². The molecule has 0 radical (unpaired) electrons. The van der Waals surface area contributed by atoms with Crippen molar-refractivity contribution in [1.29, 1.82) is 0 Å². The van der Waals surface area contributed by atoms with Crippen LogP contribution in [0.5, 0.6) is 0 Å². The van der Waals surface area contributed by atoms with Crippen LogP contribution in [0.3, 0.4) is 0 Å². The number of nitrogens with zero attached hydrogens (tertiary/aromatic N) is 2. The Morgan fingerprint density at radius 3 is 2.33 bits per heavy atom. The van der Waals surface area contributed by atoms with E-state index in [9.17, 15) is 17.6 Å². The van der Waals surface area contributed by atoms with Crippen LogP contribution in [-0.2, 0) is 0 Å². The van der Waals surface area contributed by atoms with E-state index in [2.05, 4.69) is 4.90 Å². The zero-order valence-electron chi connectivity index (χ0n) is 12.2. The molecule has 0 spiro atoms. The maximum Gasteiger partial charge on any atom is 0.395 e. The minimum Gasteiger partial charge on any atom is -0.300 e. The fourth-order valence-electron chi connectivity index (χ4n) is 2.98. The number of hydrogen-bond acceptors (Lipinski definition) is 2. The summed E-state index contributed by atoms with van der Waals surface area (Å²) < 4.78 is 51.7. The normalized spacial score (nSPS) is 28.7. The van der Waals surface area contributed by atoms with E-state index in [0.717, 1.165) is 13.1 Å². The van der Waals surface area contributed by atoms with Gasteiger partial charge in [-0.05, 0) is 6.92 Å². The van der Waals surface area contributed by atoms with Gasteiger partial charge in [0, 0.05) is 45.2 Å². The second kappa shape index (κ2) is 6.92. The molecule has 2 atom stereocenters. The first-order chi connectivity index (χ1) is 9.90. The first-order valence-electron chi connectivity index (χ1n) is 7.34. The molecule has 1 aliphatic heterocycles. The summed E-state index contributed by atoms with van der Waals surface area (Å²) in [5.41, 5.74) is 0.668. The van der Waals surface area contributed by atoms with E-state index in [1.54, 1.807) is 19.1 Å². The lowest BCUT2D eigenvalue weighted by Gasteiger charge is -2.37. The Bertz CT molecular complexity index is 395. The van der Waals surface area contributed by atoms with Crippen LogP contribution in [0.2, 0.25) is 0 Å². The molecular formula is C15H22F4N2. The lowest BCUT2D eigenvalue weighted by Crippen LogP contribution is -2.49. The molecule has 1 heterocycles. The molecule has 0 bridgehead atoms. The van der Waals surface area contributed by atoms with Crippen LogP contribution in [0.15, 0.2) is 23.8 Å². The van der Waals surface area contributed by atoms with Gasteiger partial charge in [-0.2, -0.15) is 13.2 Å². The number of piperazine rings is 1. The predicted octanol–water partition coefficient (Wildman–Crippen LogP) is 2.88. The van der Waals surface area contributed by atoms with Crippen LogP contribution >= 0.6 is 0 Å². The zero-order chi connectivity index (χ0) is 15.5. The number of allylic oxidation sites excluding steroid dienone is 3. The molecule has 6 heteroatoms. The SMILES string of the molecule is CC1=CC(C(F)(F)F)C(CN2CCN(CCF)CC2)C=C1. The van der Waals surface area contributed by atoms with Crippen molar-refractivity contribution in [3.8, 4) is 0 Å². The third kappa shape index (κ3) is 4.54. The third-order valence-corrected chi connectivity index (χ3v) is 4.22. The van der Waals surface area contributed by atoms with Gasteiger partial charge in [-0.3, -0.25) is 4.90 Å². The summed E-state index contributed by atoms with van der Waals surface area (Å²) in [7, 11) is 0. The molecule has 1 aliphatic carbocycles. The fourth-order valence-corrected chi connectivity index (χ4v) is 2.98. The molecular weight excluding hydrogens is 284 g/mol. The predicted molar refractivity (Wildman–Crippen MR) is 74.8 cm³/mol. The molecule has 0 aromatic rings. The monoisotopic (exact) mass is 306 g/mol. The van der Waals surface area contributed by atoms with Gasteiger partial charge in [0.05, 0.1) is 5.92 Å². The molecule has 21 heavy (non-hydrogen) atoms. The van der Waals surface area contributed by atoms with Gasteiger partial charge >= 0.3 is 6.18 Å². The topological polar surface area (TPSA) is 6.48 Å². The molecule has 120 valence electrons. The Hall–Kier alpha value is -0.880. The maximum atomic E-state index is 13.1. The molecule has 0 saturated carbocycles. The van der Waals surface area contributed by atoms with Crippen molar-refractivity contribution in [3.05, 3.63) is 23.8 Å². The van der Waals surface area contributed by atoms with Crippen molar-refractivity contribution in [2.75, 3.05) is 45.9 Å². The first-order valence-corrected chi connectivity index (χ1v) is 7.34. The summed E-state index contributed by atoms with van der Waals surface area (Å²) in [4.78, 5) is 4.06. The van der Waals surface area contributed by atoms with Gasteiger partial charge in [0.1, 0.15) is 6.67 Å². The maximum absolute atomic E-state index is 13.1. The fraction of sp³-hybridized carbons (Fsp3) is 0.733. The van der Waals surface area contributed by atoms with E-state index in [-0.39, 0.29) is 6.67 Å². The molecule has 2 rings (SSSR count). The van der Waals surface area contributed by atoms with Crippen LogP contribution < -0.4 is 0 Å². The molecule has 2 nitrogen and oxygen atoms in total. The van der Waals surface area contributed by atoms with Gasteiger partial charge in [-0.25, -0.2) is 4.39 Å². The van der Waals surface area contributed by atoms with Crippen LogP contribution in [0.4, 0.5) is 17.6 Å². The van der Waals surface area contributed by atoms with E-state index in [0.29, 0.717) is 31.8 Å². The minimum atomic E-state index is -4.20. The molecule has 2 unspecified atom stereocenters. The second-order valence-corrected chi connectivity index (χ2v) is 5.83. The largest absolute Gasteiger partial charge is 0.395 e. The van der Waals surface area contributed by atoms with Gasteiger partial charge in [0.15, 0.2) is 0 Å². The molecule has 0 aromatic carbocycles. The Morgan fingerprint density at radius 1 is 1.14 bits per heavy atom. The van der Waals surface area contributed by atoms with Crippen LogP contribution in [0.1, 0.15) is 6.92 Å². The quantitative estimate of drug-likeness (QED) is 0.737. The Kier molecular flexibility index (Phi) is 5.43. The summed E-state index contributed by atoms with van der Waals surface area (Å²) in [6.45, 7) is 5.03.